The normalized spacial score (nSPS) is 10.9. The second-order valence-electron chi connectivity index (χ2n) is 4.50. The van der Waals surface area contributed by atoms with Crippen LogP contribution in [0.15, 0.2) is 36.8 Å². The van der Waals surface area contributed by atoms with Gasteiger partial charge in [-0.25, -0.2) is 14.2 Å². The largest absolute Gasteiger partial charge is 0.348 e. The van der Waals surface area contributed by atoms with Gasteiger partial charge in [0, 0.05) is 17.3 Å². The molecule has 0 aliphatic carbocycles. The number of hydrogen-bond donors (Lipinski definition) is 2. The molecule has 0 spiro atoms. The lowest BCUT2D eigenvalue weighted by atomic mass is 10.2. The van der Waals surface area contributed by atoms with Gasteiger partial charge in [0.25, 0.3) is 0 Å². The van der Waals surface area contributed by atoms with Crippen LogP contribution in [0.2, 0.25) is 0 Å². The first-order valence-electron chi connectivity index (χ1n) is 6.19. The minimum Gasteiger partial charge on any atom is -0.348 e. The van der Waals surface area contributed by atoms with Crippen molar-refractivity contribution >= 4 is 16.9 Å². The number of aryl methyl sites for hydroxylation is 1. The second-order valence-corrected chi connectivity index (χ2v) is 4.50. The summed E-state index contributed by atoms with van der Waals surface area (Å²) in [6.45, 7) is 2.17. The molecule has 0 atom stereocenters. The average Bonchev–Trinajstić information content (AvgIpc) is 3.03. The molecule has 0 aliphatic rings. The van der Waals surface area contributed by atoms with Crippen LogP contribution in [0.1, 0.15) is 11.4 Å². The van der Waals surface area contributed by atoms with Crippen molar-refractivity contribution in [3.63, 3.8) is 0 Å². The molecule has 0 unspecified atom stereocenters. The first-order valence-corrected chi connectivity index (χ1v) is 6.19. The highest BCUT2D eigenvalue weighted by atomic mass is 19.1. The molecule has 3 rings (SSSR count). The van der Waals surface area contributed by atoms with Crippen LogP contribution in [0.25, 0.3) is 10.9 Å². The Morgan fingerprint density at radius 2 is 2.30 bits per heavy atom. The minimum absolute atomic E-state index is 0.281. The molecule has 1 amide bonds. The molecular formula is C14H13FN4O. The summed E-state index contributed by atoms with van der Waals surface area (Å²) in [5.41, 5.74) is 1.94. The first kappa shape index (κ1) is 12.4. The van der Waals surface area contributed by atoms with Crippen molar-refractivity contribution in [3.8, 4) is 0 Å². The quantitative estimate of drug-likeness (QED) is 0.753. The van der Waals surface area contributed by atoms with Crippen LogP contribution in [0.5, 0.6) is 0 Å². The van der Waals surface area contributed by atoms with Crippen molar-refractivity contribution < 1.29 is 9.18 Å². The number of rotatable bonds is 2. The van der Waals surface area contributed by atoms with Crippen molar-refractivity contribution in [1.82, 2.24) is 19.9 Å². The fourth-order valence-corrected chi connectivity index (χ4v) is 2.13. The monoisotopic (exact) mass is 272 g/mol. The molecule has 20 heavy (non-hydrogen) atoms. The lowest BCUT2D eigenvalue weighted by Crippen LogP contribution is -2.28. The fraction of sp³-hybridized carbons (Fsp3) is 0.143. The van der Waals surface area contributed by atoms with E-state index in [2.05, 4.69) is 15.3 Å². The number of nitrogens with zero attached hydrogens (tertiary/aromatic N) is 2. The molecule has 0 saturated carbocycles. The Kier molecular flexibility index (Phi) is 2.98. The van der Waals surface area contributed by atoms with Gasteiger partial charge >= 0.3 is 6.03 Å². The summed E-state index contributed by atoms with van der Waals surface area (Å²) in [7, 11) is 0. The number of para-hydroxylation sites is 1. The molecule has 0 saturated heterocycles. The molecule has 0 aliphatic heterocycles. The predicted molar refractivity (Wildman–Crippen MR) is 72.9 cm³/mol. The predicted octanol–water partition coefficient (Wildman–Crippen LogP) is 2.57. The minimum atomic E-state index is -0.418. The van der Waals surface area contributed by atoms with Crippen LogP contribution in [-0.2, 0) is 6.54 Å². The summed E-state index contributed by atoms with van der Waals surface area (Å²) in [5, 5.41) is 3.41. The molecule has 0 fully saturated rings. The Labute approximate surface area is 114 Å². The number of aromatic amines is 1. The highest BCUT2D eigenvalue weighted by Gasteiger charge is 2.12. The molecule has 2 aromatic heterocycles. The van der Waals surface area contributed by atoms with Crippen LogP contribution in [-0.4, -0.2) is 20.6 Å². The average molecular weight is 272 g/mol. The number of fused-ring (bicyclic) bond motifs is 1. The molecule has 2 heterocycles. The third-order valence-corrected chi connectivity index (χ3v) is 3.22. The summed E-state index contributed by atoms with van der Waals surface area (Å²) in [4.78, 5) is 19.2. The van der Waals surface area contributed by atoms with Gasteiger partial charge in [-0.3, -0.25) is 4.57 Å². The number of aromatic nitrogens is 3. The Balaban J connectivity index is 1.84. The van der Waals surface area contributed by atoms with E-state index in [1.54, 1.807) is 30.7 Å². The van der Waals surface area contributed by atoms with Crippen molar-refractivity contribution in [2.24, 2.45) is 0 Å². The molecule has 5 nitrogen and oxygen atoms in total. The second kappa shape index (κ2) is 4.80. The van der Waals surface area contributed by atoms with Crippen molar-refractivity contribution in [1.29, 1.82) is 0 Å². The number of carbonyl (C=O) groups excluding carboxylic acids is 1. The maximum atomic E-state index is 13.8. The van der Waals surface area contributed by atoms with Gasteiger partial charge in [-0.2, -0.15) is 0 Å². The highest BCUT2D eigenvalue weighted by molar-refractivity contribution is 5.91. The van der Waals surface area contributed by atoms with Gasteiger partial charge in [-0.05, 0) is 19.1 Å². The lowest BCUT2D eigenvalue weighted by molar-refractivity contribution is 0.242. The van der Waals surface area contributed by atoms with E-state index >= 15 is 0 Å². The standard InChI is InChI=1S/C14H13FN4O/c1-9-12(18-8-17-9)7-16-14(20)19-6-5-10-3-2-4-11(15)13(10)19/h2-6,8H,7H2,1H3,(H,16,20)(H,17,18). The molecule has 0 bridgehead atoms. The fourth-order valence-electron chi connectivity index (χ4n) is 2.13. The number of halogens is 1. The molecule has 102 valence electrons. The van der Waals surface area contributed by atoms with E-state index in [1.165, 1.54) is 10.6 Å². The smallest absolute Gasteiger partial charge is 0.326 e. The maximum absolute atomic E-state index is 13.8. The van der Waals surface area contributed by atoms with Gasteiger partial charge in [0.2, 0.25) is 0 Å². The summed E-state index contributed by atoms with van der Waals surface area (Å²) in [6.07, 6.45) is 3.13. The Morgan fingerprint density at radius 1 is 1.45 bits per heavy atom. The molecule has 2 N–H and O–H groups in total. The summed E-state index contributed by atoms with van der Waals surface area (Å²) >= 11 is 0. The summed E-state index contributed by atoms with van der Waals surface area (Å²) in [5.74, 6) is -0.418. The van der Waals surface area contributed by atoms with Crippen molar-refractivity contribution in [3.05, 3.63) is 54.0 Å². The van der Waals surface area contributed by atoms with Crippen molar-refractivity contribution in [2.75, 3.05) is 0 Å². The van der Waals surface area contributed by atoms with E-state index in [1.807, 2.05) is 6.92 Å². The van der Waals surface area contributed by atoms with Gasteiger partial charge in [-0.15, -0.1) is 0 Å². The Bertz CT molecular complexity index is 774. The number of carbonyl (C=O) groups is 1. The van der Waals surface area contributed by atoms with Gasteiger partial charge in [-0.1, -0.05) is 12.1 Å². The van der Waals surface area contributed by atoms with Gasteiger partial charge in [0.15, 0.2) is 0 Å². The van der Waals surface area contributed by atoms with E-state index in [4.69, 9.17) is 0 Å². The number of H-pyrrole nitrogens is 1. The number of nitrogens with one attached hydrogen (secondary N) is 2. The lowest BCUT2D eigenvalue weighted by Gasteiger charge is -2.07. The van der Waals surface area contributed by atoms with Gasteiger partial charge in [0.05, 0.1) is 24.1 Å². The zero-order chi connectivity index (χ0) is 14.1. The SMILES string of the molecule is Cc1[nH]cnc1CNC(=O)n1ccc2cccc(F)c21. The van der Waals surface area contributed by atoms with E-state index in [0.717, 1.165) is 11.4 Å². The molecule has 0 radical (unpaired) electrons. The van der Waals surface area contributed by atoms with Crippen LogP contribution >= 0.6 is 0 Å². The number of hydrogen-bond acceptors (Lipinski definition) is 2. The molecule has 1 aromatic carbocycles. The first-order chi connectivity index (χ1) is 9.66. The topological polar surface area (TPSA) is 62.7 Å². The number of benzene rings is 1. The summed E-state index contributed by atoms with van der Waals surface area (Å²) in [6, 6.07) is 6.04. The maximum Gasteiger partial charge on any atom is 0.326 e. The summed E-state index contributed by atoms with van der Waals surface area (Å²) < 4.78 is 15.1. The number of imidazole rings is 1. The van der Waals surface area contributed by atoms with Gasteiger partial charge < -0.3 is 10.3 Å². The van der Waals surface area contributed by atoms with Crippen LogP contribution < -0.4 is 5.32 Å². The highest BCUT2D eigenvalue weighted by Crippen LogP contribution is 2.18. The molecular weight excluding hydrogens is 259 g/mol. The molecule has 6 heteroatoms. The third kappa shape index (κ3) is 2.05. The zero-order valence-electron chi connectivity index (χ0n) is 10.9. The van der Waals surface area contributed by atoms with E-state index in [-0.39, 0.29) is 11.5 Å². The van der Waals surface area contributed by atoms with E-state index < -0.39 is 5.82 Å². The zero-order valence-corrected chi connectivity index (χ0v) is 10.9. The van der Waals surface area contributed by atoms with E-state index in [0.29, 0.717) is 11.9 Å². The van der Waals surface area contributed by atoms with Gasteiger partial charge in [0.1, 0.15) is 5.82 Å². The van der Waals surface area contributed by atoms with Crippen LogP contribution in [0, 0.1) is 12.7 Å². The molecule has 3 aromatic rings. The van der Waals surface area contributed by atoms with E-state index in [9.17, 15) is 9.18 Å². The third-order valence-electron chi connectivity index (χ3n) is 3.22. The number of amides is 1. The Hall–Kier alpha value is -2.63. The van der Waals surface area contributed by atoms with Crippen molar-refractivity contribution in [2.45, 2.75) is 13.5 Å². The Morgan fingerprint density at radius 3 is 3.05 bits per heavy atom. The van der Waals surface area contributed by atoms with Crippen LogP contribution in [0.4, 0.5) is 9.18 Å². The van der Waals surface area contributed by atoms with Crippen LogP contribution in [0.3, 0.4) is 0 Å².